The Morgan fingerprint density at radius 2 is 1.50 bits per heavy atom. The Morgan fingerprint density at radius 1 is 0.821 bits per heavy atom. The zero-order chi connectivity index (χ0) is 19.3. The number of para-hydroxylation sites is 1. The third-order valence-electron chi connectivity index (χ3n) is 5.35. The van der Waals surface area contributed by atoms with Gasteiger partial charge in [-0.15, -0.1) is 0 Å². The summed E-state index contributed by atoms with van der Waals surface area (Å²) < 4.78 is 28.9. The maximum absolute atomic E-state index is 13.7. The van der Waals surface area contributed by atoms with Crippen LogP contribution in [0.1, 0.15) is 17.5 Å². The summed E-state index contributed by atoms with van der Waals surface area (Å²) in [6.07, 6.45) is 2.87. The fraction of sp³-hybridized carbons (Fsp3) is 0.0833. The molecule has 0 amide bonds. The minimum absolute atomic E-state index is 0.306. The van der Waals surface area contributed by atoms with Gasteiger partial charge in [0.1, 0.15) is 0 Å². The van der Waals surface area contributed by atoms with Crippen molar-refractivity contribution in [2.75, 3.05) is 0 Å². The monoisotopic (exact) mass is 385 g/mol. The van der Waals surface area contributed by atoms with E-state index in [0.29, 0.717) is 4.90 Å². The Kier molecular flexibility index (Phi) is 3.78. The average Bonchev–Trinajstić information content (AvgIpc) is 3.27. The van der Waals surface area contributed by atoms with E-state index in [1.807, 2.05) is 73.7 Å². The van der Waals surface area contributed by atoms with Crippen LogP contribution in [-0.2, 0) is 10.0 Å². The van der Waals surface area contributed by atoms with Gasteiger partial charge in [-0.25, -0.2) is 12.4 Å². The predicted molar refractivity (Wildman–Crippen MR) is 113 cm³/mol. The zero-order valence-electron chi connectivity index (χ0n) is 15.5. The molecule has 0 saturated heterocycles. The molecule has 0 saturated carbocycles. The highest BCUT2D eigenvalue weighted by Gasteiger charge is 2.25. The number of aromatic nitrogens is 1. The van der Waals surface area contributed by atoms with E-state index in [9.17, 15) is 8.42 Å². The van der Waals surface area contributed by atoms with Crippen LogP contribution in [0.5, 0.6) is 0 Å². The molecule has 3 aromatic carbocycles. The molecule has 0 fully saturated rings. The van der Waals surface area contributed by atoms with Gasteiger partial charge in [0.15, 0.2) is 0 Å². The molecule has 1 aliphatic rings. The minimum Gasteiger partial charge on any atom is -0.233 e. The van der Waals surface area contributed by atoms with Gasteiger partial charge in [0.25, 0.3) is 10.0 Å². The highest BCUT2D eigenvalue weighted by molar-refractivity contribution is 7.90. The van der Waals surface area contributed by atoms with E-state index in [1.54, 1.807) is 12.1 Å². The highest BCUT2D eigenvalue weighted by atomic mass is 32.2. The molecule has 0 aliphatic heterocycles. The molecule has 1 heterocycles. The van der Waals surface area contributed by atoms with Crippen LogP contribution in [0.25, 0.3) is 22.6 Å². The first-order valence-corrected chi connectivity index (χ1v) is 10.7. The molecule has 0 radical (unpaired) electrons. The van der Waals surface area contributed by atoms with Crippen molar-refractivity contribution in [3.8, 4) is 0 Å². The number of rotatable bonds is 3. The van der Waals surface area contributed by atoms with Crippen LogP contribution in [0.4, 0.5) is 0 Å². The summed E-state index contributed by atoms with van der Waals surface area (Å²) in [4.78, 5) is 0.306. The molecule has 1 aliphatic carbocycles. The summed E-state index contributed by atoms with van der Waals surface area (Å²) in [5.41, 5.74) is 3.85. The van der Waals surface area contributed by atoms with E-state index < -0.39 is 10.0 Å². The Balaban J connectivity index is 1.94. The van der Waals surface area contributed by atoms with Crippen molar-refractivity contribution in [2.24, 2.45) is 0 Å². The van der Waals surface area contributed by atoms with Crippen LogP contribution in [0.3, 0.4) is 0 Å². The SMILES string of the molecule is Cc1ccc(S(=O)(=O)n2c3c(c4ccccc42)=CCC=3c2ccccc2)cc1. The molecule has 5 rings (SSSR count). The highest BCUT2D eigenvalue weighted by Crippen LogP contribution is 2.23. The van der Waals surface area contributed by atoms with Gasteiger partial charge >= 0.3 is 0 Å². The first kappa shape index (κ1) is 17.0. The third-order valence-corrected chi connectivity index (χ3v) is 7.08. The van der Waals surface area contributed by atoms with E-state index >= 15 is 0 Å². The second kappa shape index (κ2) is 6.21. The summed E-state index contributed by atoms with van der Waals surface area (Å²) in [6.45, 7) is 1.95. The fourth-order valence-electron chi connectivity index (χ4n) is 3.99. The normalized spacial score (nSPS) is 13.5. The first-order valence-electron chi connectivity index (χ1n) is 9.28. The molecular formula is C24H19NO2S. The Hall–Kier alpha value is -3.11. The molecule has 4 heteroatoms. The molecule has 4 aromatic rings. The molecule has 28 heavy (non-hydrogen) atoms. The Labute approximate surface area is 163 Å². The van der Waals surface area contributed by atoms with Gasteiger partial charge in [0.05, 0.1) is 15.8 Å². The lowest BCUT2D eigenvalue weighted by Crippen LogP contribution is -2.33. The van der Waals surface area contributed by atoms with Crippen LogP contribution in [-0.4, -0.2) is 12.4 Å². The smallest absolute Gasteiger partial charge is 0.233 e. The van der Waals surface area contributed by atoms with Gasteiger partial charge in [-0.3, -0.25) is 0 Å². The van der Waals surface area contributed by atoms with Gasteiger partial charge in [-0.05, 0) is 42.7 Å². The standard InChI is InChI=1S/C24H19NO2S/c1-17-11-13-19(14-12-17)28(26,27)25-23-10-6-5-9-21(23)22-16-15-20(24(22)25)18-7-3-2-4-8-18/h2-14,16H,15H2,1H3. The maximum atomic E-state index is 13.7. The van der Waals surface area contributed by atoms with Gasteiger partial charge in [0, 0.05) is 10.6 Å². The van der Waals surface area contributed by atoms with Crippen molar-refractivity contribution in [3.05, 3.63) is 101 Å². The van der Waals surface area contributed by atoms with Gasteiger partial charge in [0.2, 0.25) is 0 Å². The van der Waals surface area contributed by atoms with Gasteiger partial charge in [-0.1, -0.05) is 72.3 Å². The summed E-state index contributed by atoms with van der Waals surface area (Å²) in [5, 5.41) is 2.76. The van der Waals surface area contributed by atoms with E-state index in [0.717, 1.165) is 44.6 Å². The molecule has 0 atom stereocenters. The molecule has 1 aromatic heterocycles. The number of hydrogen-bond acceptors (Lipinski definition) is 2. The van der Waals surface area contributed by atoms with Crippen LogP contribution in [0, 0.1) is 6.92 Å². The number of hydrogen-bond donors (Lipinski definition) is 0. The van der Waals surface area contributed by atoms with Crippen molar-refractivity contribution >= 4 is 32.6 Å². The van der Waals surface area contributed by atoms with E-state index in [2.05, 4.69) is 6.08 Å². The molecule has 3 nitrogen and oxygen atoms in total. The van der Waals surface area contributed by atoms with Gasteiger partial charge in [-0.2, -0.15) is 0 Å². The number of benzene rings is 3. The van der Waals surface area contributed by atoms with Crippen LogP contribution in [0.15, 0.2) is 83.8 Å². The summed E-state index contributed by atoms with van der Waals surface area (Å²) in [5.74, 6) is 0. The lowest BCUT2D eigenvalue weighted by atomic mass is 10.1. The lowest BCUT2D eigenvalue weighted by molar-refractivity contribution is 0.588. The van der Waals surface area contributed by atoms with E-state index in [-0.39, 0.29) is 0 Å². The Morgan fingerprint density at radius 3 is 2.25 bits per heavy atom. The molecular weight excluding hydrogens is 366 g/mol. The quantitative estimate of drug-likeness (QED) is 0.541. The van der Waals surface area contributed by atoms with Crippen molar-refractivity contribution in [3.63, 3.8) is 0 Å². The number of aryl methyl sites for hydroxylation is 1. The zero-order valence-corrected chi connectivity index (χ0v) is 16.3. The maximum Gasteiger partial charge on any atom is 0.268 e. The second-order valence-electron chi connectivity index (χ2n) is 7.11. The fourth-order valence-corrected chi connectivity index (χ4v) is 5.55. The van der Waals surface area contributed by atoms with Crippen molar-refractivity contribution < 1.29 is 8.42 Å². The second-order valence-corrected chi connectivity index (χ2v) is 8.90. The number of nitrogens with zero attached hydrogens (tertiary/aromatic N) is 1. The molecule has 138 valence electrons. The average molecular weight is 385 g/mol. The predicted octanol–water partition coefficient (Wildman–Crippen LogP) is 3.57. The Bertz CT molecular complexity index is 1430. The van der Waals surface area contributed by atoms with Crippen LogP contribution < -0.4 is 10.6 Å². The molecule has 0 spiro atoms. The molecule has 0 bridgehead atoms. The topological polar surface area (TPSA) is 39.1 Å². The van der Waals surface area contributed by atoms with Crippen molar-refractivity contribution in [1.82, 2.24) is 3.97 Å². The van der Waals surface area contributed by atoms with E-state index in [1.165, 1.54) is 3.97 Å². The molecule has 0 N–H and O–H groups in total. The van der Waals surface area contributed by atoms with Crippen LogP contribution >= 0.6 is 0 Å². The van der Waals surface area contributed by atoms with Gasteiger partial charge < -0.3 is 0 Å². The lowest BCUT2D eigenvalue weighted by Gasteiger charge is -2.11. The van der Waals surface area contributed by atoms with Crippen LogP contribution in [0.2, 0.25) is 0 Å². The summed E-state index contributed by atoms with van der Waals surface area (Å²) in [7, 11) is -3.73. The first-order chi connectivity index (χ1) is 13.6. The van der Waals surface area contributed by atoms with Crippen molar-refractivity contribution in [2.45, 2.75) is 18.2 Å². The summed E-state index contributed by atoms with van der Waals surface area (Å²) in [6, 6.07) is 24.8. The largest absolute Gasteiger partial charge is 0.268 e. The molecule has 0 unspecified atom stereocenters. The summed E-state index contributed by atoms with van der Waals surface area (Å²) >= 11 is 0. The number of fused-ring (bicyclic) bond motifs is 3. The minimum atomic E-state index is -3.73. The van der Waals surface area contributed by atoms with Crippen molar-refractivity contribution in [1.29, 1.82) is 0 Å². The van der Waals surface area contributed by atoms with E-state index in [4.69, 9.17) is 0 Å². The third kappa shape index (κ3) is 2.45.